The van der Waals surface area contributed by atoms with E-state index in [0.717, 1.165) is 32.1 Å². The van der Waals surface area contributed by atoms with Crippen LogP contribution in [0.2, 0.25) is 0 Å². The molecular weight excluding hydrogens is 438 g/mol. The van der Waals surface area contributed by atoms with Gasteiger partial charge in [0, 0.05) is 24.5 Å². The fraction of sp³-hybridized carbons (Fsp3) is 0.923. The van der Waals surface area contributed by atoms with Gasteiger partial charge in [-0.3, -0.25) is 4.79 Å². The Morgan fingerprint density at radius 3 is 1.82 bits per heavy atom. The fourth-order valence-corrected chi connectivity index (χ4v) is 4.55. The van der Waals surface area contributed by atoms with Gasteiger partial charge in [-0.15, -0.1) is 0 Å². The topological polar surface area (TPSA) is 95.9 Å². The summed E-state index contributed by atoms with van der Waals surface area (Å²) in [7, 11) is 0. The molecule has 6 nitrogen and oxygen atoms in total. The van der Waals surface area contributed by atoms with Gasteiger partial charge in [-0.05, 0) is 12.8 Å². The molecule has 0 aromatic rings. The van der Waals surface area contributed by atoms with Gasteiger partial charge < -0.3 is 20.3 Å². The zero-order chi connectivity index (χ0) is 24.6. The molecule has 0 aromatic carbocycles. The van der Waals surface area contributed by atoms with Crippen LogP contribution in [0.1, 0.15) is 117 Å². The summed E-state index contributed by atoms with van der Waals surface area (Å²) in [4.78, 5) is 23.5. The second-order valence-electron chi connectivity index (χ2n) is 9.07. The van der Waals surface area contributed by atoms with Crippen molar-refractivity contribution in [2.75, 3.05) is 24.7 Å². The number of aliphatic carboxylic acids is 1. The summed E-state index contributed by atoms with van der Waals surface area (Å²) < 4.78 is 5.37. The molecule has 0 aliphatic carbocycles. The number of ether oxygens (including phenoxy) is 1. The molecule has 0 saturated carbocycles. The lowest BCUT2D eigenvalue weighted by molar-refractivity contribution is -0.141. The number of carboxylic acids is 1. The van der Waals surface area contributed by atoms with E-state index in [0.29, 0.717) is 18.8 Å². The summed E-state index contributed by atoms with van der Waals surface area (Å²) in [6.45, 7) is 5.22. The van der Waals surface area contributed by atoms with E-state index < -0.39 is 18.1 Å². The molecule has 196 valence electrons. The Labute approximate surface area is 207 Å². The smallest absolute Gasteiger partial charge is 0.327 e. The largest absolute Gasteiger partial charge is 0.480 e. The zero-order valence-corrected chi connectivity index (χ0v) is 22.1. The molecular formula is C26H51NO5S. The van der Waals surface area contributed by atoms with Crippen LogP contribution in [0.15, 0.2) is 0 Å². The number of aliphatic hydroxyl groups is 1. The van der Waals surface area contributed by atoms with Gasteiger partial charge in [-0.1, -0.05) is 97.3 Å². The van der Waals surface area contributed by atoms with Crippen LogP contribution in [0.25, 0.3) is 0 Å². The van der Waals surface area contributed by atoms with E-state index in [-0.39, 0.29) is 18.3 Å². The molecule has 0 spiro atoms. The van der Waals surface area contributed by atoms with Crippen LogP contribution in [0.3, 0.4) is 0 Å². The van der Waals surface area contributed by atoms with Crippen LogP contribution >= 0.6 is 11.8 Å². The van der Waals surface area contributed by atoms with Gasteiger partial charge in [0.2, 0.25) is 5.91 Å². The molecule has 0 radical (unpaired) electrons. The van der Waals surface area contributed by atoms with Crippen molar-refractivity contribution >= 4 is 23.6 Å². The first-order chi connectivity index (χ1) is 16.0. The second-order valence-corrected chi connectivity index (χ2v) is 10.1. The standard InChI is InChI=1S/C26H51NO5S/c1-3-5-7-8-9-10-11-12-13-14-15-16-17-18-25(29)27-24(26(30)31)22-33-21-23(28)20-32-19-6-4-2/h23-24,28H,3-22H2,1-2H3,(H,27,29)(H,30,31)/t23-,24?/m1/s1. The van der Waals surface area contributed by atoms with Crippen LogP contribution in [0, 0.1) is 0 Å². The van der Waals surface area contributed by atoms with Crippen molar-refractivity contribution in [2.24, 2.45) is 0 Å². The zero-order valence-electron chi connectivity index (χ0n) is 21.3. The summed E-state index contributed by atoms with van der Waals surface area (Å²) in [5.74, 6) is -0.597. The van der Waals surface area contributed by atoms with Crippen molar-refractivity contribution in [3.05, 3.63) is 0 Å². The van der Waals surface area contributed by atoms with E-state index in [9.17, 15) is 19.8 Å². The van der Waals surface area contributed by atoms with E-state index in [4.69, 9.17) is 4.74 Å². The van der Waals surface area contributed by atoms with E-state index in [1.54, 1.807) is 0 Å². The van der Waals surface area contributed by atoms with E-state index in [1.165, 1.54) is 76.0 Å². The van der Waals surface area contributed by atoms with E-state index >= 15 is 0 Å². The molecule has 7 heteroatoms. The summed E-state index contributed by atoms with van der Waals surface area (Å²) in [6, 6.07) is -0.919. The Morgan fingerprint density at radius 2 is 1.30 bits per heavy atom. The Hall–Kier alpha value is -0.790. The minimum atomic E-state index is -1.03. The van der Waals surface area contributed by atoms with Gasteiger partial charge >= 0.3 is 5.97 Å². The molecule has 0 aliphatic heterocycles. The highest BCUT2D eigenvalue weighted by molar-refractivity contribution is 7.99. The number of nitrogens with one attached hydrogen (secondary N) is 1. The molecule has 0 heterocycles. The number of carbonyl (C=O) groups is 2. The summed E-state index contributed by atoms with van der Waals surface area (Å²) in [5.41, 5.74) is 0. The SMILES string of the molecule is CCCCCCCCCCCCCCCC(=O)NC(CSC[C@H](O)COCCCC)C(=O)O. The third-order valence-corrected chi connectivity index (χ3v) is 6.88. The lowest BCUT2D eigenvalue weighted by atomic mass is 10.0. The van der Waals surface area contributed by atoms with Gasteiger partial charge in [0.15, 0.2) is 0 Å². The highest BCUT2D eigenvalue weighted by atomic mass is 32.2. The second kappa shape index (κ2) is 24.3. The molecule has 0 fully saturated rings. The molecule has 0 bridgehead atoms. The van der Waals surface area contributed by atoms with Crippen molar-refractivity contribution in [3.8, 4) is 0 Å². The minimum absolute atomic E-state index is 0.200. The maximum absolute atomic E-state index is 12.1. The number of aliphatic hydroxyl groups excluding tert-OH is 1. The minimum Gasteiger partial charge on any atom is -0.480 e. The molecule has 0 aromatic heterocycles. The Bertz CT molecular complexity index is 464. The molecule has 1 unspecified atom stereocenters. The monoisotopic (exact) mass is 489 g/mol. The van der Waals surface area contributed by atoms with Gasteiger partial charge in [0.05, 0.1) is 12.7 Å². The molecule has 0 aliphatic rings. The van der Waals surface area contributed by atoms with Crippen LogP contribution in [0.5, 0.6) is 0 Å². The maximum Gasteiger partial charge on any atom is 0.327 e. The number of carboxylic acid groups (broad SMARTS) is 1. The average molecular weight is 490 g/mol. The molecule has 1 amide bonds. The van der Waals surface area contributed by atoms with Crippen molar-refractivity contribution in [2.45, 2.75) is 129 Å². The predicted molar refractivity (Wildman–Crippen MR) is 139 cm³/mol. The van der Waals surface area contributed by atoms with Crippen LogP contribution in [-0.2, 0) is 14.3 Å². The first-order valence-electron chi connectivity index (χ1n) is 13.4. The summed E-state index contributed by atoms with van der Waals surface area (Å²) in [5, 5.41) is 21.9. The highest BCUT2D eigenvalue weighted by Gasteiger charge is 2.20. The predicted octanol–water partition coefficient (Wildman–Crippen LogP) is 5.95. The molecule has 0 rings (SSSR count). The highest BCUT2D eigenvalue weighted by Crippen LogP contribution is 2.13. The van der Waals surface area contributed by atoms with Crippen LogP contribution in [0.4, 0.5) is 0 Å². The Kier molecular flexibility index (Phi) is 23.8. The molecule has 33 heavy (non-hydrogen) atoms. The van der Waals surface area contributed by atoms with Crippen molar-refractivity contribution in [1.82, 2.24) is 5.32 Å². The maximum atomic E-state index is 12.1. The third-order valence-electron chi connectivity index (χ3n) is 5.69. The van der Waals surface area contributed by atoms with Gasteiger partial charge in [-0.25, -0.2) is 4.79 Å². The van der Waals surface area contributed by atoms with Crippen molar-refractivity contribution in [3.63, 3.8) is 0 Å². The fourth-order valence-electron chi connectivity index (χ4n) is 3.58. The first-order valence-corrected chi connectivity index (χ1v) is 14.5. The quantitative estimate of drug-likeness (QED) is 0.137. The van der Waals surface area contributed by atoms with E-state index in [1.807, 2.05) is 0 Å². The van der Waals surface area contributed by atoms with E-state index in [2.05, 4.69) is 19.2 Å². The van der Waals surface area contributed by atoms with Crippen LogP contribution < -0.4 is 5.32 Å². The Balaban J connectivity index is 3.68. The van der Waals surface area contributed by atoms with Crippen molar-refractivity contribution < 1.29 is 24.5 Å². The molecule has 0 saturated heterocycles. The number of thioether (sulfide) groups is 1. The normalized spacial score (nSPS) is 13.1. The molecule has 3 N–H and O–H groups in total. The van der Waals surface area contributed by atoms with Gasteiger partial charge in [0.25, 0.3) is 0 Å². The number of hydrogen-bond donors (Lipinski definition) is 3. The van der Waals surface area contributed by atoms with Gasteiger partial charge in [0.1, 0.15) is 6.04 Å². The lowest BCUT2D eigenvalue weighted by Crippen LogP contribution is -2.42. The molecule has 2 atom stereocenters. The average Bonchev–Trinajstić information content (AvgIpc) is 2.79. The number of unbranched alkanes of at least 4 members (excludes halogenated alkanes) is 13. The summed E-state index contributed by atoms with van der Waals surface area (Å²) in [6.07, 6.45) is 18.0. The number of carbonyl (C=O) groups excluding carboxylic acids is 1. The third kappa shape index (κ3) is 22.8. The van der Waals surface area contributed by atoms with Crippen molar-refractivity contribution in [1.29, 1.82) is 0 Å². The summed E-state index contributed by atoms with van der Waals surface area (Å²) >= 11 is 1.33. The van der Waals surface area contributed by atoms with Crippen LogP contribution in [-0.4, -0.2) is 59.0 Å². The number of amides is 1. The first kappa shape index (κ1) is 32.2. The number of hydrogen-bond acceptors (Lipinski definition) is 5. The number of rotatable bonds is 25. The van der Waals surface area contributed by atoms with Gasteiger partial charge in [-0.2, -0.15) is 11.8 Å². The Morgan fingerprint density at radius 1 is 0.788 bits per heavy atom. The lowest BCUT2D eigenvalue weighted by Gasteiger charge is -2.16.